The Labute approximate surface area is 264 Å². The topological polar surface area (TPSA) is 28.1 Å². The third-order valence-corrected chi connectivity index (χ3v) is 8.43. The minimum absolute atomic E-state index is 0.726. The molecule has 8 aromatic rings. The molecule has 0 atom stereocenters. The van der Waals surface area contributed by atoms with Crippen molar-refractivity contribution >= 4 is 38.0 Å². The summed E-state index contributed by atoms with van der Waals surface area (Å²) >= 11 is 0. The van der Waals surface area contributed by atoms with E-state index in [2.05, 4.69) is 144 Å². The molecular weight excluding hydrogens is 544 g/mol. The lowest BCUT2D eigenvalue weighted by atomic mass is 9.85. The average molecular weight is 579 g/mol. The summed E-state index contributed by atoms with van der Waals surface area (Å²) in [7, 11) is 0. The van der Waals surface area contributed by atoms with E-state index in [0.29, 0.717) is 0 Å². The van der Waals surface area contributed by atoms with Crippen LogP contribution in [0.2, 0.25) is 0 Å². The molecule has 2 nitrogen and oxygen atoms in total. The van der Waals surface area contributed by atoms with Gasteiger partial charge in [0.15, 0.2) is 0 Å². The van der Waals surface area contributed by atoms with Gasteiger partial charge < -0.3 is 4.98 Å². The van der Waals surface area contributed by atoms with E-state index in [9.17, 15) is 0 Å². The Morgan fingerprint density at radius 3 is 1.67 bits per heavy atom. The lowest BCUT2D eigenvalue weighted by molar-refractivity contribution is 1.15. The number of benzene rings is 7. The molecule has 2 heteroatoms. The summed E-state index contributed by atoms with van der Waals surface area (Å²) in [5.41, 5.74) is 9.79. The standard InChI is InChI=1S/C41H28N2.C2H6/c1-27(43-39-12-5-6-25-42-39)28-13-17-31(18-14-28)37-26-38(32-19-15-30(16-20-32)29-8-3-2-4-9-29)36-24-22-34-11-7-10-33-21-23-35(37)41(36)40(33)34;1-2/h2-26H,1H2,(H,42,43);1-2H3. The van der Waals surface area contributed by atoms with Crippen LogP contribution in [0.25, 0.3) is 71.4 Å². The van der Waals surface area contributed by atoms with Crippen LogP contribution in [0.1, 0.15) is 19.4 Å². The van der Waals surface area contributed by atoms with E-state index < -0.39 is 0 Å². The fourth-order valence-corrected chi connectivity index (χ4v) is 6.29. The first-order valence-corrected chi connectivity index (χ1v) is 15.6. The Morgan fingerprint density at radius 1 is 0.511 bits per heavy atom. The van der Waals surface area contributed by atoms with Gasteiger partial charge in [-0.05, 0) is 89.5 Å². The van der Waals surface area contributed by atoms with Crippen molar-refractivity contribution in [3.63, 3.8) is 0 Å². The lowest BCUT2D eigenvalue weighted by Crippen LogP contribution is -2.04. The van der Waals surface area contributed by atoms with Crippen LogP contribution in [0.15, 0.2) is 163 Å². The lowest BCUT2D eigenvalue weighted by Gasteiger charge is -2.18. The average Bonchev–Trinajstić information content (AvgIpc) is 3.12. The van der Waals surface area contributed by atoms with E-state index in [1.807, 2.05) is 38.2 Å². The van der Waals surface area contributed by atoms with Crippen molar-refractivity contribution in [2.75, 3.05) is 0 Å². The molecule has 45 heavy (non-hydrogen) atoms. The number of H-pyrrole nitrogens is 1. The summed E-state index contributed by atoms with van der Waals surface area (Å²) in [6.45, 7) is 8.22. The molecule has 1 heterocycles. The summed E-state index contributed by atoms with van der Waals surface area (Å²) < 4.78 is 0. The first kappa shape index (κ1) is 28.1. The Bertz CT molecular complexity index is 2290. The zero-order chi connectivity index (χ0) is 30.8. The van der Waals surface area contributed by atoms with Crippen LogP contribution in [0.4, 0.5) is 0 Å². The van der Waals surface area contributed by atoms with Crippen molar-refractivity contribution in [3.8, 4) is 33.4 Å². The number of aromatic nitrogens is 1. The predicted molar refractivity (Wildman–Crippen MR) is 193 cm³/mol. The van der Waals surface area contributed by atoms with Gasteiger partial charge in [0, 0.05) is 6.20 Å². The normalized spacial score (nSPS) is 11.6. The van der Waals surface area contributed by atoms with Crippen LogP contribution in [0, 0.1) is 0 Å². The highest BCUT2D eigenvalue weighted by Gasteiger charge is 2.17. The first-order chi connectivity index (χ1) is 22.2. The number of hydrogen-bond donors (Lipinski definition) is 1. The number of hydrogen-bond acceptors (Lipinski definition) is 1. The maximum Gasteiger partial charge on any atom is 0.130 e. The zero-order valence-corrected chi connectivity index (χ0v) is 25.6. The number of nitrogens with zero attached hydrogens (tertiary/aromatic N) is 1. The molecule has 1 N–H and O–H groups in total. The van der Waals surface area contributed by atoms with Crippen molar-refractivity contribution in [2.24, 2.45) is 4.99 Å². The molecule has 216 valence electrons. The summed E-state index contributed by atoms with van der Waals surface area (Å²) in [5, 5.41) is 7.72. The molecule has 8 rings (SSSR count). The third-order valence-electron chi connectivity index (χ3n) is 8.43. The van der Waals surface area contributed by atoms with Crippen molar-refractivity contribution in [3.05, 3.63) is 169 Å². The van der Waals surface area contributed by atoms with Crippen LogP contribution >= 0.6 is 0 Å². The fraction of sp³-hybridized carbons (Fsp3) is 0.0465. The van der Waals surface area contributed by atoms with Gasteiger partial charge in [0.25, 0.3) is 0 Å². The summed E-state index contributed by atoms with van der Waals surface area (Å²) in [6.07, 6.45) is 1.87. The van der Waals surface area contributed by atoms with E-state index in [1.54, 1.807) is 0 Å². The van der Waals surface area contributed by atoms with E-state index >= 15 is 0 Å². The quantitative estimate of drug-likeness (QED) is 0.197. The molecule has 0 saturated heterocycles. The van der Waals surface area contributed by atoms with Crippen LogP contribution in [-0.4, -0.2) is 4.98 Å². The smallest absolute Gasteiger partial charge is 0.130 e. The molecule has 0 amide bonds. The van der Waals surface area contributed by atoms with Crippen molar-refractivity contribution in [2.45, 2.75) is 13.8 Å². The second-order valence-electron chi connectivity index (χ2n) is 11.0. The number of pyridine rings is 1. The van der Waals surface area contributed by atoms with Crippen molar-refractivity contribution < 1.29 is 0 Å². The molecule has 0 aliphatic rings. The molecule has 0 saturated carbocycles. The van der Waals surface area contributed by atoms with Gasteiger partial charge in [-0.3, -0.25) is 0 Å². The van der Waals surface area contributed by atoms with Gasteiger partial charge in [0.2, 0.25) is 0 Å². The monoisotopic (exact) mass is 578 g/mol. The number of aromatic amines is 1. The van der Waals surface area contributed by atoms with Gasteiger partial charge in [0.1, 0.15) is 5.49 Å². The van der Waals surface area contributed by atoms with Gasteiger partial charge in [-0.1, -0.05) is 148 Å². The van der Waals surface area contributed by atoms with E-state index in [1.165, 1.54) is 65.7 Å². The highest BCUT2D eigenvalue weighted by Crippen LogP contribution is 2.44. The van der Waals surface area contributed by atoms with Crippen molar-refractivity contribution in [1.29, 1.82) is 0 Å². The molecule has 0 aliphatic carbocycles. The molecule has 0 spiro atoms. The molecule has 7 aromatic carbocycles. The van der Waals surface area contributed by atoms with Gasteiger partial charge in [-0.15, -0.1) is 0 Å². The first-order valence-electron chi connectivity index (χ1n) is 15.6. The van der Waals surface area contributed by atoms with Gasteiger partial charge >= 0.3 is 0 Å². The largest absolute Gasteiger partial charge is 0.347 e. The Hall–Kier alpha value is -5.73. The SMILES string of the molecule is C=C(N=c1cccc[nH]1)c1ccc(-c2cc(-c3ccc(-c4ccccc4)cc3)c3ccc4cccc5ccc2c3c54)cc1.CC. The van der Waals surface area contributed by atoms with Crippen LogP contribution in [0.5, 0.6) is 0 Å². The van der Waals surface area contributed by atoms with E-state index in [4.69, 9.17) is 0 Å². The maximum atomic E-state index is 4.67. The molecule has 0 radical (unpaired) electrons. The summed E-state index contributed by atoms with van der Waals surface area (Å²) in [6, 6.07) is 52.1. The number of rotatable bonds is 5. The summed E-state index contributed by atoms with van der Waals surface area (Å²) in [5.74, 6) is 0. The molecule has 0 unspecified atom stereocenters. The summed E-state index contributed by atoms with van der Waals surface area (Å²) in [4.78, 5) is 7.83. The van der Waals surface area contributed by atoms with E-state index in [-0.39, 0.29) is 0 Å². The van der Waals surface area contributed by atoms with Gasteiger partial charge in [0.05, 0.1) is 5.70 Å². The molecular formula is C43H34N2. The minimum atomic E-state index is 0.726. The highest BCUT2D eigenvalue weighted by atomic mass is 14.8. The fourth-order valence-electron chi connectivity index (χ4n) is 6.29. The zero-order valence-electron chi connectivity index (χ0n) is 25.6. The maximum absolute atomic E-state index is 4.67. The van der Waals surface area contributed by atoms with Gasteiger partial charge in [-0.2, -0.15) is 0 Å². The second kappa shape index (κ2) is 12.1. The highest BCUT2D eigenvalue weighted by molar-refractivity contribution is 6.28. The Morgan fingerprint density at radius 2 is 1.07 bits per heavy atom. The van der Waals surface area contributed by atoms with Crippen LogP contribution in [0.3, 0.4) is 0 Å². The minimum Gasteiger partial charge on any atom is -0.347 e. The third kappa shape index (κ3) is 5.21. The Kier molecular flexibility index (Phi) is 7.55. The van der Waals surface area contributed by atoms with Crippen LogP contribution < -0.4 is 5.49 Å². The Balaban J connectivity index is 0.00000160. The molecule has 1 aromatic heterocycles. The predicted octanol–water partition coefficient (Wildman–Crippen LogP) is 11.5. The molecule has 0 fully saturated rings. The molecule has 0 bridgehead atoms. The van der Waals surface area contributed by atoms with Crippen molar-refractivity contribution in [1.82, 2.24) is 4.98 Å². The van der Waals surface area contributed by atoms with Crippen LogP contribution in [-0.2, 0) is 0 Å². The second-order valence-corrected chi connectivity index (χ2v) is 11.0. The number of nitrogens with one attached hydrogen (secondary N) is 1. The van der Waals surface area contributed by atoms with E-state index in [0.717, 1.165) is 16.7 Å². The van der Waals surface area contributed by atoms with Gasteiger partial charge in [-0.25, -0.2) is 4.99 Å². The molecule has 0 aliphatic heterocycles.